The highest BCUT2D eigenvalue weighted by Gasteiger charge is 2.40. The molecule has 3 nitrogen and oxygen atoms in total. The Balaban J connectivity index is 1.59. The minimum Gasteiger partial charge on any atom is -0.207 e. The van der Waals surface area contributed by atoms with Gasteiger partial charge in [-0.25, -0.2) is 8.42 Å². The number of benzene rings is 2. The molecule has 1 fully saturated rings. The molecular weight excluding hydrogens is 398 g/mol. The molecule has 2 aromatic carbocycles. The minimum absolute atomic E-state index is 0.248. The van der Waals surface area contributed by atoms with E-state index in [2.05, 4.69) is 42.6 Å². The molecule has 2 heterocycles. The molecule has 29 heavy (non-hydrogen) atoms. The third-order valence-corrected chi connectivity index (χ3v) is 8.80. The maximum Gasteiger partial charge on any atom is 0.243 e. The van der Waals surface area contributed by atoms with Crippen LogP contribution in [0.1, 0.15) is 27.1 Å². The molecule has 5 heteroatoms. The summed E-state index contributed by atoms with van der Waals surface area (Å²) in [6.45, 7) is 5.09. The van der Waals surface area contributed by atoms with E-state index in [4.69, 9.17) is 0 Å². The molecule has 0 amide bonds. The van der Waals surface area contributed by atoms with Crippen molar-refractivity contribution in [2.75, 3.05) is 13.1 Å². The lowest BCUT2D eigenvalue weighted by molar-refractivity contribution is 0.457. The van der Waals surface area contributed by atoms with Crippen molar-refractivity contribution in [2.45, 2.75) is 25.2 Å². The molecule has 1 saturated heterocycles. The van der Waals surface area contributed by atoms with Crippen molar-refractivity contribution in [3.63, 3.8) is 0 Å². The summed E-state index contributed by atoms with van der Waals surface area (Å²) in [5.74, 6) is 0.248. The van der Waals surface area contributed by atoms with Gasteiger partial charge < -0.3 is 0 Å². The van der Waals surface area contributed by atoms with E-state index >= 15 is 0 Å². The molecule has 3 aromatic rings. The maximum absolute atomic E-state index is 13.3. The molecule has 0 N–H and O–H groups in total. The van der Waals surface area contributed by atoms with Crippen molar-refractivity contribution in [2.24, 2.45) is 5.92 Å². The zero-order valence-electron chi connectivity index (χ0n) is 16.6. The molecule has 1 aliphatic carbocycles. The van der Waals surface area contributed by atoms with E-state index in [9.17, 15) is 8.42 Å². The van der Waals surface area contributed by atoms with Crippen LogP contribution in [-0.4, -0.2) is 25.8 Å². The van der Waals surface area contributed by atoms with Crippen LogP contribution in [0.2, 0.25) is 0 Å². The molecular formula is C24H23NO2S2. The van der Waals surface area contributed by atoms with Gasteiger partial charge in [0.05, 0.1) is 4.90 Å². The third kappa shape index (κ3) is 3.18. The number of hydrogen-bond donors (Lipinski definition) is 0. The Morgan fingerprint density at radius 1 is 0.931 bits per heavy atom. The van der Waals surface area contributed by atoms with Crippen molar-refractivity contribution in [3.8, 4) is 0 Å². The van der Waals surface area contributed by atoms with E-state index in [1.165, 1.54) is 32.7 Å². The van der Waals surface area contributed by atoms with E-state index in [0.717, 1.165) is 12.0 Å². The minimum atomic E-state index is -3.49. The molecule has 0 bridgehead atoms. The summed E-state index contributed by atoms with van der Waals surface area (Å²) in [5, 5.41) is 2.15. The average molecular weight is 422 g/mol. The van der Waals surface area contributed by atoms with Crippen molar-refractivity contribution in [3.05, 3.63) is 92.7 Å². The second-order valence-corrected chi connectivity index (χ2v) is 11.0. The van der Waals surface area contributed by atoms with Crippen molar-refractivity contribution in [1.29, 1.82) is 0 Å². The molecule has 1 aromatic heterocycles. The predicted octanol–water partition coefficient (Wildman–Crippen LogP) is 5.04. The lowest BCUT2D eigenvalue weighted by Crippen LogP contribution is -2.29. The molecule has 1 atom stereocenters. The average Bonchev–Trinajstić information content (AvgIpc) is 3.34. The highest BCUT2D eigenvalue weighted by Crippen LogP contribution is 2.45. The molecule has 1 unspecified atom stereocenters. The van der Waals surface area contributed by atoms with Crippen LogP contribution in [0.3, 0.4) is 0 Å². The first kappa shape index (κ1) is 18.8. The normalized spacial score (nSPS) is 19.3. The first-order valence-corrected chi connectivity index (χ1v) is 12.2. The lowest BCUT2D eigenvalue weighted by atomic mass is 9.81. The summed E-state index contributed by atoms with van der Waals surface area (Å²) >= 11 is 1.78. The number of rotatable bonds is 3. The highest BCUT2D eigenvalue weighted by atomic mass is 32.2. The SMILES string of the molecule is Cc1ccc(C2=C3CN(S(=O)(=O)c4ccc(C)cc4)CC3Cc3sccc32)cc1. The highest BCUT2D eigenvalue weighted by molar-refractivity contribution is 7.89. The van der Waals surface area contributed by atoms with Gasteiger partial charge >= 0.3 is 0 Å². The van der Waals surface area contributed by atoms with E-state index < -0.39 is 10.0 Å². The van der Waals surface area contributed by atoms with Gasteiger partial charge in [0.15, 0.2) is 0 Å². The van der Waals surface area contributed by atoms with E-state index in [0.29, 0.717) is 18.0 Å². The summed E-state index contributed by atoms with van der Waals surface area (Å²) in [6, 6.07) is 18.0. The molecule has 0 saturated carbocycles. The van der Waals surface area contributed by atoms with Gasteiger partial charge in [-0.2, -0.15) is 4.31 Å². The maximum atomic E-state index is 13.3. The fourth-order valence-corrected chi connectivity index (χ4v) is 6.86. The van der Waals surface area contributed by atoms with E-state index in [1.54, 1.807) is 27.8 Å². The van der Waals surface area contributed by atoms with Crippen molar-refractivity contribution >= 4 is 26.9 Å². The number of nitrogens with zero attached hydrogens (tertiary/aromatic N) is 1. The van der Waals surface area contributed by atoms with Gasteiger partial charge in [0.25, 0.3) is 0 Å². The summed E-state index contributed by atoms with van der Waals surface area (Å²) in [6.07, 6.45) is 0.928. The Bertz CT molecular complexity index is 1200. The second-order valence-electron chi connectivity index (χ2n) is 8.04. The number of aryl methyl sites for hydroxylation is 2. The third-order valence-electron chi connectivity index (χ3n) is 6.03. The van der Waals surface area contributed by atoms with Crippen molar-refractivity contribution in [1.82, 2.24) is 4.31 Å². The molecule has 0 spiro atoms. The Morgan fingerprint density at radius 2 is 1.59 bits per heavy atom. The molecule has 1 aliphatic heterocycles. The second kappa shape index (κ2) is 6.94. The van der Waals surface area contributed by atoms with Crippen LogP contribution in [-0.2, 0) is 16.4 Å². The van der Waals surface area contributed by atoms with Gasteiger partial charge in [-0.05, 0) is 66.1 Å². The number of fused-ring (bicyclic) bond motifs is 2. The quantitative estimate of drug-likeness (QED) is 0.594. The van der Waals surface area contributed by atoms with Crippen LogP contribution in [0, 0.1) is 19.8 Å². The Hall–Kier alpha value is -2.21. The standard InChI is InChI=1S/C24H23NO2S2/c1-16-3-7-18(8-4-16)24-21-11-12-28-23(21)13-19-14-25(15-22(19)24)29(26,27)20-9-5-17(2)6-10-20/h3-12,19H,13-15H2,1-2H3. The lowest BCUT2D eigenvalue weighted by Gasteiger charge is -2.23. The van der Waals surface area contributed by atoms with E-state index in [-0.39, 0.29) is 5.92 Å². The van der Waals surface area contributed by atoms with Crippen LogP contribution < -0.4 is 0 Å². The van der Waals surface area contributed by atoms with Gasteiger partial charge in [0.1, 0.15) is 0 Å². The number of hydrogen-bond acceptors (Lipinski definition) is 3. The number of sulfonamides is 1. The molecule has 5 rings (SSSR count). The van der Waals surface area contributed by atoms with Crippen LogP contribution in [0.25, 0.3) is 5.57 Å². The van der Waals surface area contributed by atoms with Gasteiger partial charge in [-0.3, -0.25) is 0 Å². The summed E-state index contributed by atoms with van der Waals surface area (Å²) < 4.78 is 28.3. The van der Waals surface area contributed by atoms with Gasteiger partial charge in [0, 0.05) is 23.9 Å². The Labute approximate surface area is 176 Å². The largest absolute Gasteiger partial charge is 0.243 e. The summed E-state index contributed by atoms with van der Waals surface area (Å²) in [7, 11) is -3.49. The molecule has 0 radical (unpaired) electrons. The fourth-order valence-electron chi connectivity index (χ4n) is 4.43. The zero-order valence-corrected chi connectivity index (χ0v) is 18.2. The Morgan fingerprint density at radius 3 is 2.28 bits per heavy atom. The predicted molar refractivity (Wildman–Crippen MR) is 119 cm³/mol. The summed E-state index contributed by atoms with van der Waals surface area (Å²) in [4.78, 5) is 1.75. The van der Waals surface area contributed by atoms with Crippen LogP contribution in [0.15, 0.2) is 70.4 Å². The Kier molecular flexibility index (Phi) is 4.50. The fraction of sp³-hybridized carbons (Fsp3) is 0.250. The van der Waals surface area contributed by atoms with Gasteiger partial charge in [-0.15, -0.1) is 11.3 Å². The first-order chi connectivity index (χ1) is 13.9. The first-order valence-electron chi connectivity index (χ1n) is 9.87. The van der Waals surface area contributed by atoms with Crippen LogP contribution in [0.4, 0.5) is 0 Å². The smallest absolute Gasteiger partial charge is 0.207 e. The van der Waals surface area contributed by atoms with Crippen LogP contribution in [0.5, 0.6) is 0 Å². The van der Waals surface area contributed by atoms with Crippen molar-refractivity contribution < 1.29 is 8.42 Å². The topological polar surface area (TPSA) is 37.4 Å². The van der Waals surface area contributed by atoms with Crippen LogP contribution >= 0.6 is 11.3 Å². The van der Waals surface area contributed by atoms with E-state index in [1.807, 2.05) is 19.1 Å². The molecule has 148 valence electrons. The zero-order chi connectivity index (χ0) is 20.2. The molecule has 2 aliphatic rings. The summed E-state index contributed by atoms with van der Waals surface area (Å²) in [5.41, 5.74) is 7.25. The van der Waals surface area contributed by atoms with Gasteiger partial charge in [-0.1, -0.05) is 47.5 Å². The van der Waals surface area contributed by atoms with Gasteiger partial charge in [0.2, 0.25) is 10.0 Å². The number of thiophene rings is 1. The monoisotopic (exact) mass is 421 g/mol.